The van der Waals surface area contributed by atoms with Crippen LogP contribution in [0.1, 0.15) is 25.7 Å². The SMILES string of the molecule is O=C1CCCCN1c1ccc(NC(=O)N2CCCN2C(=O)Nc2ccc(Cl)cc2)cc1. The van der Waals surface area contributed by atoms with Crippen LogP contribution in [0.2, 0.25) is 5.02 Å². The van der Waals surface area contributed by atoms with Gasteiger partial charge in [-0.05, 0) is 67.8 Å². The molecule has 2 heterocycles. The minimum atomic E-state index is -0.384. The van der Waals surface area contributed by atoms with Crippen molar-refractivity contribution in [2.45, 2.75) is 25.7 Å². The van der Waals surface area contributed by atoms with Gasteiger partial charge in [0.25, 0.3) is 0 Å². The Morgan fingerprint density at radius 1 is 0.742 bits per heavy atom. The van der Waals surface area contributed by atoms with Crippen molar-refractivity contribution >= 4 is 46.6 Å². The molecule has 0 saturated carbocycles. The number of nitrogens with one attached hydrogen (secondary N) is 2. The van der Waals surface area contributed by atoms with Crippen molar-refractivity contribution in [2.24, 2.45) is 0 Å². The smallest absolute Gasteiger partial charge is 0.312 e. The lowest BCUT2D eigenvalue weighted by atomic mass is 10.1. The van der Waals surface area contributed by atoms with Gasteiger partial charge < -0.3 is 15.5 Å². The summed E-state index contributed by atoms with van der Waals surface area (Å²) in [5.74, 6) is 0.127. The number of carbonyl (C=O) groups excluding carboxylic acids is 3. The molecule has 2 aliphatic heterocycles. The average Bonchev–Trinajstić information content (AvgIpc) is 3.27. The second kappa shape index (κ2) is 9.26. The molecule has 0 aromatic heterocycles. The van der Waals surface area contributed by atoms with Crippen LogP contribution in [0.5, 0.6) is 0 Å². The highest BCUT2D eigenvalue weighted by Gasteiger charge is 2.31. The number of hydrazine groups is 1. The van der Waals surface area contributed by atoms with Crippen LogP contribution in [0.4, 0.5) is 26.7 Å². The summed E-state index contributed by atoms with van der Waals surface area (Å²) in [5.41, 5.74) is 2.03. The molecule has 2 aromatic rings. The van der Waals surface area contributed by atoms with E-state index in [1.54, 1.807) is 41.3 Å². The highest BCUT2D eigenvalue weighted by Crippen LogP contribution is 2.23. The fraction of sp³-hybridized carbons (Fsp3) is 0.318. The Kier molecular flexibility index (Phi) is 6.27. The highest BCUT2D eigenvalue weighted by atomic mass is 35.5. The number of urea groups is 2. The predicted octanol–water partition coefficient (Wildman–Crippen LogP) is 4.54. The molecule has 8 nitrogen and oxygen atoms in total. The van der Waals surface area contributed by atoms with Gasteiger partial charge in [-0.15, -0.1) is 0 Å². The van der Waals surface area contributed by atoms with Gasteiger partial charge in [-0.2, -0.15) is 0 Å². The Morgan fingerprint density at radius 2 is 1.29 bits per heavy atom. The van der Waals surface area contributed by atoms with E-state index in [-0.39, 0.29) is 18.0 Å². The van der Waals surface area contributed by atoms with Crippen LogP contribution in [0, 0.1) is 0 Å². The third kappa shape index (κ3) is 4.91. The van der Waals surface area contributed by atoms with Gasteiger partial charge in [-0.25, -0.2) is 19.6 Å². The number of piperidine rings is 1. The van der Waals surface area contributed by atoms with Crippen LogP contribution in [-0.2, 0) is 4.79 Å². The zero-order chi connectivity index (χ0) is 21.8. The van der Waals surface area contributed by atoms with E-state index < -0.39 is 0 Å². The summed E-state index contributed by atoms with van der Waals surface area (Å²) in [6.07, 6.45) is 3.19. The molecule has 4 rings (SSSR count). The standard InChI is InChI=1S/C22H24ClN5O3/c23-16-5-7-17(8-6-16)24-21(30)27-14-3-15-28(27)22(31)25-18-9-11-19(12-10-18)26-13-2-1-4-20(26)29/h5-12H,1-4,13-15H2,(H,24,30)(H,25,31). The fourth-order valence-corrected chi connectivity index (χ4v) is 3.87. The number of anilines is 3. The zero-order valence-electron chi connectivity index (χ0n) is 17.0. The van der Waals surface area contributed by atoms with Crippen LogP contribution in [-0.4, -0.2) is 47.6 Å². The molecule has 2 saturated heterocycles. The molecule has 2 aliphatic rings. The van der Waals surface area contributed by atoms with Crippen LogP contribution in [0.25, 0.3) is 0 Å². The van der Waals surface area contributed by atoms with Gasteiger partial charge in [-0.3, -0.25) is 4.79 Å². The van der Waals surface area contributed by atoms with Gasteiger partial charge >= 0.3 is 12.1 Å². The van der Waals surface area contributed by atoms with E-state index in [9.17, 15) is 14.4 Å². The lowest BCUT2D eigenvalue weighted by Gasteiger charge is -2.28. The van der Waals surface area contributed by atoms with E-state index in [2.05, 4.69) is 10.6 Å². The molecule has 0 radical (unpaired) electrons. The fourth-order valence-electron chi connectivity index (χ4n) is 3.75. The average molecular weight is 442 g/mol. The molecule has 2 N–H and O–H groups in total. The zero-order valence-corrected chi connectivity index (χ0v) is 17.8. The van der Waals surface area contributed by atoms with Gasteiger partial charge in [0.2, 0.25) is 5.91 Å². The van der Waals surface area contributed by atoms with Crippen molar-refractivity contribution in [3.8, 4) is 0 Å². The van der Waals surface area contributed by atoms with Crippen LogP contribution in [0.3, 0.4) is 0 Å². The van der Waals surface area contributed by atoms with Crippen LogP contribution >= 0.6 is 11.6 Å². The molecule has 31 heavy (non-hydrogen) atoms. The van der Waals surface area contributed by atoms with Crippen molar-refractivity contribution in [2.75, 3.05) is 35.2 Å². The second-order valence-electron chi connectivity index (χ2n) is 7.52. The molecular formula is C22H24ClN5O3. The van der Waals surface area contributed by atoms with Gasteiger partial charge in [0.1, 0.15) is 0 Å². The Bertz CT molecular complexity index is 964. The molecule has 0 aliphatic carbocycles. The molecule has 0 unspecified atom stereocenters. The quantitative estimate of drug-likeness (QED) is 0.733. The summed E-state index contributed by atoms with van der Waals surface area (Å²) in [4.78, 5) is 39.3. The van der Waals surface area contributed by atoms with Crippen LogP contribution in [0.15, 0.2) is 48.5 Å². The molecule has 0 spiro atoms. The van der Waals surface area contributed by atoms with E-state index in [0.717, 1.165) is 25.1 Å². The maximum Gasteiger partial charge on any atom is 0.340 e. The molecule has 162 valence electrons. The molecule has 0 bridgehead atoms. The summed E-state index contributed by atoms with van der Waals surface area (Å²) in [7, 11) is 0. The molecule has 2 aromatic carbocycles. The van der Waals surface area contributed by atoms with Crippen molar-refractivity contribution in [3.63, 3.8) is 0 Å². The number of rotatable bonds is 3. The maximum atomic E-state index is 12.8. The minimum absolute atomic E-state index is 0.127. The Labute approximate surface area is 185 Å². The first-order valence-electron chi connectivity index (χ1n) is 10.3. The predicted molar refractivity (Wildman–Crippen MR) is 120 cm³/mol. The largest absolute Gasteiger partial charge is 0.340 e. The summed E-state index contributed by atoms with van der Waals surface area (Å²) in [6, 6.07) is 13.2. The number of carbonyl (C=O) groups is 3. The van der Waals surface area contributed by atoms with Gasteiger partial charge in [0.05, 0.1) is 0 Å². The van der Waals surface area contributed by atoms with Gasteiger partial charge in [0, 0.05) is 48.1 Å². The van der Waals surface area contributed by atoms with Crippen LogP contribution < -0.4 is 15.5 Å². The monoisotopic (exact) mass is 441 g/mol. The number of hydrogen-bond acceptors (Lipinski definition) is 3. The van der Waals surface area contributed by atoms with E-state index in [4.69, 9.17) is 11.6 Å². The lowest BCUT2D eigenvalue weighted by molar-refractivity contribution is -0.119. The van der Waals surface area contributed by atoms with E-state index in [1.807, 2.05) is 12.1 Å². The van der Waals surface area contributed by atoms with E-state index >= 15 is 0 Å². The van der Waals surface area contributed by atoms with Crippen molar-refractivity contribution in [1.82, 2.24) is 10.0 Å². The van der Waals surface area contributed by atoms with E-state index in [0.29, 0.717) is 42.3 Å². The number of benzene rings is 2. The number of hydrogen-bond donors (Lipinski definition) is 2. The molecule has 0 atom stereocenters. The van der Waals surface area contributed by atoms with Crippen molar-refractivity contribution < 1.29 is 14.4 Å². The maximum absolute atomic E-state index is 12.8. The first-order valence-corrected chi connectivity index (χ1v) is 10.7. The normalized spacial score (nSPS) is 16.4. The summed E-state index contributed by atoms with van der Waals surface area (Å²) >= 11 is 5.87. The molecular weight excluding hydrogens is 418 g/mol. The minimum Gasteiger partial charge on any atom is -0.312 e. The Balaban J connectivity index is 1.37. The molecule has 2 fully saturated rings. The third-order valence-corrected chi connectivity index (χ3v) is 5.60. The second-order valence-corrected chi connectivity index (χ2v) is 7.95. The number of halogens is 1. The van der Waals surface area contributed by atoms with Gasteiger partial charge in [0.15, 0.2) is 0 Å². The molecule has 9 heteroatoms. The number of amides is 5. The van der Waals surface area contributed by atoms with E-state index in [1.165, 1.54) is 10.0 Å². The summed E-state index contributed by atoms with van der Waals surface area (Å²) < 4.78 is 0. The Morgan fingerprint density at radius 3 is 1.84 bits per heavy atom. The first kappa shape index (κ1) is 21.0. The van der Waals surface area contributed by atoms with Crippen molar-refractivity contribution in [1.29, 1.82) is 0 Å². The third-order valence-electron chi connectivity index (χ3n) is 5.35. The van der Waals surface area contributed by atoms with Crippen molar-refractivity contribution in [3.05, 3.63) is 53.6 Å². The summed E-state index contributed by atoms with van der Waals surface area (Å²) in [5, 5.41) is 8.97. The van der Waals surface area contributed by atoms with Gasteiger partial charge in [-0.1, -0.05) is 11.6 Å². The number of nitrogens with zero attached hydrogens (tertiary/aromatic N) is 3. The molecule has 5 amide bonds. The topological polar surface area (TPSA) is 85.0 Å². The summed E-state index contributed by atoms with van der Waals surface area (Å²) in [6.45, 7) is 1.61. The first-order chi connectivity index (χ1) is 15.0. The Hall–Kier alpha value is -3.26. The lowest BCUT2D eigenvalue weighted by Crippen LogP contribution is -2.48. The highest BCUT2D eigenvalue weighted by molar-refractivity contribution is 6.30.